The van der Waals surface area contributed by atoms with Crippen LogP contribution in [0.4, 0.5) is 0 Å². The zero-order valence-electron chi connectivity index (χ0n) is 21.5. The van der Waals surface area contributed by atoms with Crippen LogP contribution in [0.1, 0.15) is 74.1 Å². The third-order valence-corrected chi connectivity index (χ3v) is 6.70. The van der Waals surface area contributed by atoms with Gasteiger partial charge in [-0.05, 0) is 48.9 Å². The number of carbonyl (C=O) groups excluding carboxylic acids is 1. The van der Waals surface area contributed by atoms with Crippen molar-refractivity contribution in [2.24, 2.45) is 29.6 Å². The first kappa shape index (κ1) is 30.3. The Hall–Kier alpha value is -0.770. The summed E-state index contributed by atoms with van der Waals surface area (Å²) in [6.07, 6.45) is -4.47. The molecule has 0 heterocycles. The average Bonchev–Trinajstić information content (AvgIpc) is 2.70. The Balaban J connectivity index is 2.89. The Morgan fingerprint density at radius 3 is 2.03 bits per heavy atom. The van der Waals surface area contributed by atoms with E-state index in [9.17, 15) is 30.3 Å². The van der Waals surface area contributed by atoms with E-state index in [1.807, 2.05) is 27.7 Å². The van der Waals surface area contributed by atoms with Crippen LogP contribution in [-0.2, 0) is 9.53 Å². The van der Waals surface area contributed by atoms with Crippen molar-refractivity contribution >= 4 is 5.91 Å². The van der Waals surface area contributed by atoms with Crippen molar-refractivity contribution in [3.63, 3.8) is 0 Å². The molecule has 1 saturated carbocycles. The molecule has 0 aromatic rings. The zero-order valence-corrected chi connectivity index (χ0v) is 21.5. The van der Waals surface area contributed by atoms with E-state index < -0.39 is 42.7 Å². The number of rotatable bonds is 13. The summed E-state index contributed by atoms with van der Waals surface area (Å²) >= 11 is 0. The molecule has 0 aromatic carbocycles. The molecule has 196 valence electrons. The van der Waals surface area contributed by atoms with E-state index in [0.29, 0.717) is 31.1 Å². The van der Waals surface area contributed by atoms with Crippen molar-refractivity contribution in [3.05, 3.63) is 0 Å². The van der Waals surface area contributed by atoms with E-state index in [-0.39, 0.29) is 30.3 Å². The predicted molar refractivity (Wildman–Crippen MR) is 127 cm³/mol. The lowest BCUT2D eigenvalue weighted by atomic mass is 9.82. The van der Waals surface area contributed by atoms with Crippen LogP contribution in [0.3, 0.4) is 0 Å². The minimum absolute atomic E-state index is 0.131. The van der Waals surface area contributed by atoms with Crippen LogP contribution in [0.2, 0.25) is 0 Å². The molecule has 33 heavy (non-hydrogen) atoms. The molecule has 0 spiro atoms. The molecule has 0 bridgehead atoms. The van der Waals surface area contributed by atoms with Crippen molar-refractivity contribution in [3.8, 4) is 0 Å². The SMILES string of the molecule is CC(C)CC(C)CC(=O)N[C@@H](CO[C@H]1CC(C)[C@H](O)[C@H](O)[C@H]1O)[C@H](O)[C@H](O)C(C)CC(C)C. The highest BCUT2D eigenvalue weighted by atomic mass is 16.5. The first-order valence-electron chi connectivity index (χ1n) is 12.6. The molecule has 0 saturated heterocycles. The second-order valence-corrected chi connectivity index (χ2v) is 11.3. The minimum Gasteiger partial charge on any atom is -0.390 e. The van der Waals surface area contributed by atoms with Crippen molar-refractivity contribution in [2.75, 3.05) is 6.61 Å². The maximum atomic E-state index is 12.7. The Labute approximate surface area is 199 Å². The summed E-state index contributed by atoms with van der Waals surface area (Å²) in [5.41, 5.74) is 0. The second kappa shape index (κ2) is 14.0. The van der Waals surface area contributed by atoms with Crippen molar-refractivity contribution in [1.82, 2.24) is 5.32 Å². The second-order valence-electron chi connectivity index (χ2n) is 11.3. The van der Waals surface area contributed by atoms with Gasteiger partial charge in [0.15, 0.2) is 0 Å². The molecule has 0 radical (unpaired) electrons. The lowest BCUT2D eigenvalue weighted by Gasteiger charge is -2.40. The number of aliphatic hydroxyl groups excluding tert-OH is 5. The van der Waals surface area contributed by atoms with Gasteiger partial charge in [-0.2, -0.15) is 0 Å². The maximum absolute atomic E-state index is 12.7. The fourth-order valence-electron chi connectivity index (χ4n) is 4.95. The van der Waals surface area contributed by atoms with Crippen LogP contribution in [0.25, 0.3) is 0 Å². The standard InChI is InChI=1S/C25H49NO7/c1-13(2)8-15(5)10-20(27)26-18(23(30)21(28)16(6)9-14(3)4)12-33-19-11-17(7)22(29)25(32)24(19)31/h13-19,21-25,28-32H,8-12H2,1-7H3,(H,26,27)/t15?,16?,17?,18-,19-,21+,22-,23-,24-,25-/m0/s1. The quantitative estimate of drug-likeness (QED) is 0.237. The fraction of sp³-hybridized carbons (Fsp3) is 0.960. The summed E-state index contributed by atoms with van der Waals surface area (Å²) in [4.78, 5) is 12.7. The number of hydrogen-bond donors (Lipinski definition) is 6. The van der Waals surface area contributed by atoms with Crippen LogP contribution >= 0.6 is 0 Å². The Bertz CT molecular complexity index is 573. The van der Waals surface area contributed by atoms with Crippen molar-refractivity contribution < 1.29 is 35.1 Å². The van der Waals surface area contributed by atoms with Gasteiger partial charge in [-0.3, -0.25) is 4.79 Å². The molecule has 1 fully saturated rings. The highest BCUT2D eigenvalue weighted by Gasteiger charge is 2.42. The lowest BCUT2D eigenvalue weighted by molar-refractivity contribution is -0.176. The van der Waals surface area contributed by atoms with E-state index in [2.05, 4.69) is 19.2 Å². The first-order chi connectivity index (χ1) is 15.2. The van der Waals surface area contributed by atoms with Gasteiger partial charge >= 0.3 is 0 Å². The molecule has 10 atom stereocenters. The summed E-state index contributed by atoms with van der Waals surface area (Å²) in [6.45, 7) is 13.8. The van der Waals surface area contributed by atoms with E-state index in [1.54, 1.807) is 6.92 Å². The maximum Gasteiger partial charge on any atom is 0.220 e. The number of nitrogens with one attached hydrogen (secondary N) is 1. The van der Waals surface area contributed by atoms with E-state index in [0.717, 1.165) is 6.42 Å². The Morgan fingerprint density at radius 2 is 1.48 bits per heavy atom. The van der Waals surface area contributed by atoms with Gasteiger partial charge in [0.1, 0.15) is 18.3 Å². The monoisotopic (exact) mass is 475 g/mol. The summed E-state index contributed by atoms with van der Waals surface area (Å²) < 4.78 is 5.84. The van der Waals surface area contributed by atoms with Gasteiger partial charge in [-0.15, -0.1) is 0 Å². The number of hydrogen-bond acceptors (Lipinski definition) is 7. The third-order valence-electron chi connectivity index (χ3n) is 6.70. The van der Waals surface area contributed by atoms with Gasteiger partial charge in [-0.1, -0.05) is 48.5 Å². The summed E-state index contributed by atoms with van der Waals surface area (Å²) in [5, 5.41) is 54.9. The van der Waals surface area contributed by atoms with Crippen molar-refractivity contribution in [2.45, 2.75) is 117 Å². The predicted octanol–water partition coefficient (Wildman–Crippen LogP) is 1.46. The molecular weight excluding hydrogens is 426 g/mol. The smallest absolute Gasteiger partial charge is 0.220 e. The normalized spacial score (nSPS) is 30.7. The van der Waals surface area contributed by atoms with Crippen molar-refractivity contribution in [1.29, 1.82) is 0 Å². The average molecular weight is 476 g/mol. The molecule has 6 N–H and O–H groups in total. The van der Waals surface area contributed by atoms with E-state index >= 15 is 0 Å². The number of amides is 1. The van der Waals surface area contributed by atoms with Gasteiger partial charge in [-0.25, -0.2) is 0 Å². The highest BCUT2D eigenvalue weighted by molar-refractivity contribution is 5.76. The zero-order chi connectivity index (χ0) is 25.5. The molecule has 1 rings (SSSR count). The number of carbonyl (C=O) groups is 1. The highest BCUT2D eigenvalue weighted by Crippen LogP contribution is 2.28. The van der Waals surface area contributed by atoms with Gasteiger partial charge in [0.2, 0.25) is 5.91 Å². The molecule has 1 aliphatic rings. The summed E-state index contributed by atoms with van der Waals surface area (Å²) in [5.74, 6) is 0.290. The lowest BCUT2D eigenvalue weighted by Crippen LogP contribution is -2.56. The summed E-state index contributed by atoms with van der Waals surface area (Å²) in [6, 6.07) is -0.875. The van der Waals surface area contributed by atoms with Crippen LogP contribution in [-0.4, -0.2) is 80.7 Å². The molecule has 8 heteroatoms. The molecule has 0 aromatic heterocycles. The molecular formula is C25H49NO7. The summed E-state index contributed by atoms with van der Waals surface area (Å²) in [7, 11) is 0. The molecule has 0 aliphatic heterocycles. The minimum atomic E-state index is -1.33. The van der Waals surface area contributed by atoms with Gasteiger partial charge in [0.05, 0.1) is 31.0 Å². The van der Waals surface area contributed by atoms with Crippen LogP contribution < -0.4 is 5.32 Å². The molecule has 3 unspecified atom stereocenters. The van der Waals surface area contributed by atoms with Crippen LogP contribution in [0, 0.1) is 29.6 Å². The third kappa shape index (κ3) is 9.78. The van der Waals surface area contributed by atoms with E-state index in [1.165, 1.54) is 0 Å². The molecule has 8 nitrogen and oxygen atoms in total. The Kier molecular flexibility index (Phi) is 12.8. The topological polar surface area (TPSA) is 139 Å². The molecule has 1 aliphatic carbocycles. The Morgan fingerprint density at radius 1 is 0.909 bits per heavy atom. The molecule has 1 amide bonds. The first-order valence-corrected chi connectivity index (χ1v) is 12.6. The fourth-order valence-corrected chi connectivity index (χ4v) is 4.95. The number of aliphatic hydroxyl groups is 5. The van der Waals surface area contributed by atoms with Gasteiger partial charge < -0.3 is 35.6 Å². The van der Waals surface area contributed by atoms with E-state index in [4.69, 9.17) is 4.74 Å². The van der Waals surface area contributed by atoms with Crippen LogP contribution in [0.15, 0.2) is 0 Å². The van der Waals surface area contributed by atoms with Gasteiger partial charge in [0, 0.05) is 6.42 Å². The number of ether oxygens (including phenoxy) is 1. The largest absolute Gasteiger partial charge is 0.390 e. The van der Waals surface area contributed by atoms with Crippen LogP contribution in [0.5, 0.6) is 0 Å². The van der Waals surface area contributed by atoms with Gasteiger partial charge in [0.25, 0.3) is 0 Å².